The van der Waals surface area contributed by atoms with Gasteiger partial charge in [0.25, 0.3) is 0 Å². The van der Waals surface area contributed by atoms with Crippen molar-refractivity contribution in [1.82, 2.24) is 15.4 Å². The van der Waals surface area contributed by atoms with E-state index in [4.69, 9.17) is 0 Å². The van der Waals surface area contributed by atoms with Gasteiger partial charge in [0.2, 0.25) is 10.0 Å². The number of fused-ring (bicyclic) bond motifs is 1. The number of aromatic amines is 1. The molecule has 6 nitrogen and oxygen atoms in total. The molecule has 0 aliphatic heterocycles. The maximum Gasteiger partial charge on any atom is 0.237 e. The van der Waals surface area contributed by atoms with Crippen molar-refractivity contribution in [3.8, 4) is 0 Å². The second-order valence-electron chi connectivity index (χ2n) is 4.78. The summed E-state index contributed by atoms with van der Waals surface area (Å²) in [4.78, 5) is 0. The van der Waals surface area contributed by atoms with E-state index in [1.807, 2.05) is 31.2 Å². The van der Waals surface area contributed by atoms with Crippen LogP contribution in [0.15, 0.2) is 42.5 Å². The molecule has 0 aliphatic carbocycles. The Balaban J connectivity index is 1.90. The standard InChI is InChI=1S/C14H14N4O2S/c1-10-5-2-3-6-11(10)9-21(19,20)17-13-8-4-7-12-14(13)16-18-15-12/h2-8,17H,9H2,1H3,(H,15,16,18). The van der Waals surface area contributed by atoms with E-state index in [1.54, 1.807) is 18.2 Å². The molecule has 21 heavy (non-hydrogen) atoms. The second kappa shape index (κ2) is 5.17. The number of aromatic nitrogens is 3. The second-order valence-corrected chi connectivity index (χ2v) is 6.51. The minimum absolute atomic E-state index is 0.0755. The molecule has 0 aliphatic rings. The van der Waals surface area contributed by atoms with E-state index in [0.717, 1.165) is 11.1 Å². The molecule has 0 atom stereocenters. The fraction of sp³-hybridized carbons (Fsp3) is 0.143. The first kappa shape index (κ1) is 13.6. The van der Waals surface area contributed by atoms with E-state index in [2.05, 4.69) is 20.1 Å². The highest BCUT2D eigenvalue weighted by molar-refractivity contribution is 7.91. The van der Waals surface area contributed by atoms with Gasteiger partial charge in [0.05, 0.1) is 11.4 Å². The summed E-state index contributed by atoms with van der Waals surface area (Å²) in [5, 5.41) is 10.4. The highest BCUT2D eigenvalue weighted by Crippen LogP contribution is 2.21. The minimum Gasteiger partial charge on any atom is -0.281 e. The zero-order chi connectivity index (χ0) is 14.9. The van der Waals surface area contributed by atoms with Crippen LogP contribution in [0.5, 0.6) is 0 Å². The lowest BCUT2D eigenvalue weighted by molar-refractivity contribution is 0.600. The lowest BCUT2D eigenvalue weighted by atomic mass is 10.1. The van der Waals surface area contributed by atoms with Crippen LogP contribution >= 0.6 is 0 Å². The number of sulfonamides is 1. The molecule has 2 aromatic carbocycles. The Morgan fingerprint density at radius 3 is 2.71 bits per heavy atom. The number of hydrogen-bond donors (Lipinski definition) is 2. The smallest absolute Gasteiger partial charge is 0.237 e. The number of H-pyrrole nitrogens is 1. The predicted molar refractivity (Wildman–Crippen MR) is 81.3 cm³/mol. The summed E-state index contributed by atoms with van der Waals surface area (Å²) in [6.45, 7) is 1.89. The van der Waals surface area contributed by atoms with Gasteiger partial charge in [-0.15, -0.1) is 0 Å². The zero-order valence-electron chi connectivity index (χ0n) is 11.4. The fourth-order valence-corrected chi connectivity index (χ4v) is 3.44. The van der Waals surface area contributed by atoms with Gasteiger partial charge in [0.15, 0.2) is 0 Å². The molecular formula is C14H14N4O2S. The minimum atomic E-state index is -3.51. The molecule has 108 valence electrons. The summed E-state index contributed by atoms with van der Waals surface area (Å²) in [5.41, 5.74) is 3.27. The molecule has 0 bridgehead atoms. The maximum absolute atomic E-state index is 12.3. The van der Waals surface area contributed by atoms with Crippen molar-refractivity contribution in [1.29, 1.82) is 0 Å². The summed E-state index contributed by atoms with van der Waals surface area (Å²) >= 11 is 0. The molecule has 3 aromatic rings. The van der Waals surface area contributed by atoms with Crippen LogP contribution in [0.2, 0.25) is 0 Å². The molecule has 0 saturated carbocycles. The van der Waals surface area contributed by atoms with Crippen LogP contribution in [0, 0.1) is 6.92 Å². The highest BCUT2D eigenvalue weighted by Gasteiger charge is 2.15. The molecule has 0 saturated heterocycles. The molecule has 3 rings (SSSR count). The third-order valence-corrected chi connectivity index (χ3v) is 4.44. The summed E-state index contributed by atoms with van der Waals surface area (Å²) in [6.07, 6.45) is 0. The quantitative estimate of drug-likeness (QED) is 0.773. The Kier molecular flexibility index (Phi) is 3.34. The van der Waals surface area contributed by atoms with Gasteiger partial charge in [-0.3, -0.25) is 4.72 Å². The summed E-state index contributed by atoms with van der Waals surface area (Å²) in [7, 11) is -3.51. The normalized spacial score (nSPS) is 11.7. The van der Waals surface area contributed by atoms with Crippen molar-refractivity contribution in [2.24, 2.45) is 0 Å². The molecule has 0 amide bonds. The summed E-state index contributed by atoms with van der Waals surface area (Å²) < 4.78 is 27.2. The highest BCUT2D eigenvalue weighted by atomic mass is 32.2. The van der Waals surface area contributed by atoms with Crippen molar-refractivity contribution in [3.63, 3.8) is 0 Å². The van der Waals surface area contributed by atoms with Gasteiger partial charge in [-0.2, -0.15) is 15.4 Å². The molecule has 0 unspecified atom stereocenters. The number of anilines is 1. The SMILES string of the molecule is Cc1ccccc1CS(=O)(=O)Nc1cccc2n[nH]nc12. The summed E-state index contributed by atoms with van der Waals surface area (Å²) in [5.74, 6) is -0.0755. The third-order valence-electron chi connectivity index (χ3n) is 3.22. The Morgan fingerprint density at radius 1 is 1.10 bits per heavy atom. The fourth-order valence-electron chi connectivity index (χ4n) is 2.13. The van der Waals surface area contributed by atoms with Crippen molar-refractivity contribution < 1.29 is 8.42 Å². The van der Waals surface area contributed by atoms with Gasteiger partial charge in [-0.05, 0) is 30.2 Å². The van der Waals surface area contributed by atoms with E-state index in [1.165, 1.54) is 0 Å². The average molecular weight is 302 g/mol. The van der Waals surface area contributed by atoms with Crippen LogP contribution in [-0.2, 0) is 15.8 Å². The number of nitrogens with zero attached hydrogens (tertiary/aromatic N) is 2. The largest absolute Gasteiger partial charge is 0.281 e. The van der Waals surface area contributed by atoms with Gasteiger partial charge in [-0.25, -0.2) is 8.42 Å². The van der Waals surface area contributed by atoms with E-state index >= 15 is 0 Å². The molecule has 0 spiro atoms. The van der Waals surface area contributed by atoms with Crippen molar-refractivity contribution in [2.75, 3.05) is 4.72 Å². The molecular weight excluding hydrogens is 288 g/mol. The lowest BCUT2D eigenvalue weighted by Crippen LogP contribution is -2.16. The predicted octanol–water partition coefficient (Wildman–Crippen LogP) is 2.21. The van der Waals surface area contributed by atoms with E-state index in [0.29, 0.717) is 16.7 Å². The van der Waals surface area contributed by atoms with Gasteiger partial charge >= 0.3 is 0 Å². The van der Waals surface area contributed by atoms with Crippen molar-refractivity contribution >= 4 is 26.7 Å². The molecule has 0 radical (unpaired) electrons. The van der Waals surface area contributed by atoms with E-state index < -0.39 is 10.0 Å². The lowest BCUT2D eigenvalue weighted by Gasteiger charge is -2.09. The van der Waals surface area contributed by atoms with Crippen molar-refractivity contribution in [3.05, 3.63) is 53.6 Å². The van der Waals surface area contributed by atoms with E-state index in [-0.39, 0.29) is 5.75 Å². The maximum atomic E-state index is 12.3. The number of aryl methyl sites for hydroxylation is 1. The van der Waals surface area contributed by atoms with Crippen LogP contribution < -0.4 is 4.72 Å². The number of nitrogens with one attached hydrogen (secondary N) is 2. The van der Waals surface area contributed by atoms with Gasteiger partial charge in [0.1, 0.15) is 11.0 Å². The Hall–Kier alpha value is -2.41. The van der Waals surface area contributed by atoms with Gasteiger partial charge < -0.3 is 0 Å². The summed E-state index contributed by atoms with van der Waals surface area (Å²) in [6, 6.07) is 12.6. The van der Waals surface area contributed by atoms with Crippen LogP contribution in [0.3, 0.4) is 0 Å². The first-order valence-corrected chi connectivity index (χ1v) is 8.05. The van der Waals surface area contributed by atoms with E-state index in [9.17, 15) is 8.42 Å². The molecule has 1 aromatic heterocycles. The first-order valence-electron chi connectivity index (χ1n) is 6.40. The van der Waals surface area contributed by atoms with Gasteiger partial charge in [-0.1, -0.05) is 30.3 Å². The number of hydrogen-bond acceptors (Lipinski definition) is 4. The molecule has 0 fully saturated rings. The molecule has 7 heteroatoms. The zero-order valence-corrected chi connectivity index (χ0v) is 12.2. The number of benzene rings is 2. The monoisotopic (exact) mass is 302 g/mol. The molecule has 2 N–H and O–H groups in total. The van der Waals surface area contributed by atoms with Crippen LogP contribution in [0.1, 0.15) is 11.1 Å². The third kappa shape index (κ3) is 2.87. The Morgan fingerprint density at radius 2 is 1.90 bits per heavy atom. The van der Waals surface area contributed by atoms with Gasteiger partial charge in [0, 0.05) is 0 Å². The Bertz CT molecular complexity index is 887. The van der Waals surface area contributed by atoms with Crippen LogP contribution in [0.4, 0.5) is 5.69 Å². The first-order chi connectivity index (χ1) is 10.1. The molecule has 1 heterocycles. The topological polar surface area (TPSA) is 87.7 Å². The van der Waals surface area contributed by atoms with Crippen LogP contribution in [0.25, 0.3) is 11.0 Å². The van der Waals surface area contributed by atoms with Crippen molar-refractivity contribution in [2.45, 2.75) is 12.7 Å². The Labute approximate surface area is 122 Å². The van der Waals surface area contributed by atoms with Crippen LogP contribution in [-0.4, -0.2) is 23.8 Å². The number of rotatable bonds is 4. The number of para-hydroxylation sites is 1. The average Bonchev–Trinajstić information content (AvgIpc) is 2.90.